The summed E-state index contributed by atoms with van der Waals surface area (Å²) in [6.07, 6.45) is 0.885. The maximum absolute atomic E-state index is 6.09. The van der Waals surface area contributed by atoms with Crippen LogP contribution in [0.3, 0.4) is 0 Å². The van der Waals surface area contributed by atoms with Gasteiger partial charge in [0.2, 0.25) is 0 Å². The molecule has 2 N–H and O–H groups in total. The lowest BCUT2D eigenvalue weighted by Gasteiger charge is -2.15. The third-order valence-electron chi connectivity index (χ3n) is 3.18. The standard InChI is InChI=1S/C17H20BrNO2/c1-2-16(19)15-5-3-4-6-17(15)21-12-11-20-14-9-7-13(18)8-10-14/h3-10,16H,2,11-12,19H2,1H3/t16-/m0/s1. The van der Waals surface area contributed by atoms with Crippen LogP contribution < -0.4 is 15.2 Å². The molecule has 0 radical (unpaired) electrons. The van der Waals surface area contributed by atoms with Crippen molar-refractivity contribution >= 4 is 15.9 Å². The molecule has 0 aliphatic heterocycles. The summed E-state index contributed by atoms with van der Waals surface area (Å²) in [5.41, 5.74) is 7.13. The molecule has 1 atom stereocenters. The Balaban J connectivity index is 1.85. The van der Waals surface area contributed by atoms with Crippen molar-refractivity contribution in [1.82, 2.24) is 0 Å². The fourth-order valence-electron chi connectivity index (χ4n) is 1.98. The second-order valence-electron chi connectivity index (χ2n) is 4.70. The minimum absolute atomic E-state index is 0.00796. The number of ether oxygens (including phenoxy) is 2. The van der Waals surface area contributed by atoms with Gasteiger partial charge in [-0.2, -0.15) is 0 Å². The van der Waals surface area contributed by atoms with E-state index >= 15 is 0 Å². The molecule has 0 amide bonds. The molecule has 0 aliphatic carbocycles. The topological polar surface area (TPSA) is 44.5 Å². The second-order valence-corrected chi connectivity index (χ2v) is 5.62. The summed E-state index contributed by atoms with van der Waals surface area (Å²) >= 11 is 3.39. The summed E-state index contributed by atoms with van der Waals surface area (Å²) in [7, 11) is 0. The van der Waals surface area contributed by atoms with Crippen LogP contribution in [-0.4, -0.2) is 13.2 Å². The van der Waals surface area contributed by atoms with Gasteiger partial charge >= 0.3 is 0 Å². The van der Waals surface area contributed by atoms with Crippen molar-refractivity contribution in [3.8, 4) is 11.5 Å². The monoisotopic (exact) mass is 349 g/mol. The van der Waals surface area contributed by atoms with Gasteiger partial charge in [0, 0.05) is 16.1 Å². The molecule has 0 fully saturated rings. The maximum Gasteiger partial charge on any atom is 0.124 e. The normalized spacial score (nSPS) is 12.0. The Morgan fingerprint density at radius 2 is 1.67 bits per heavy atom. The van der Waals surface area contributed by atoms with Crippen molar-refractivity contribution in [3.63, 3.8) is 0 Å². The molecule has 2 aromatic rings. The summed E-state index contributed by atoms with van der Waals surface area (Å²) in [5.74, 6) is 1.67. The summed E-state index contributed by atoms with van der Waals surface area (Å²) < 4.78 is 12.5. The summed E-state index contributed by atoms with van der Waals surface area (Å²) in [6, 6.07) is 15.7. The van der Waals surface area contributed by atoms with Crippen molar-refractivity contribution in [1.29, 1.82) is 0 Å². The predicted molar refractivity (Wildman–Crippen MR) is 88.8 cm³/mol. The van der Waals surface area contributed by atoms with E-state index in [4.69, 9.17) is 15.2 Å². The first kappa shape index (κ1) is 15.9. The molecule has 2 aromatic carbocycles. The van der Waals surface area contributed by atoms with E-state index in [-0.39, 0.29) is 6.04 Å². The number of benzene rings is 2. The quantitative estimate of drug-likeness (QED) is 0.757. The fraction of sp³-hybridized carbons (Fsp3) is 0.294. The van der Waals surface area contributed by atoms with Crippen LogP contribution in [0.5, 0.6) is 11.5 Å². The lowest BCUT2D eigenvalue weighted by atomic mass is 10.0. The van der Waals surface area contributed by atoms with Gasteiger partial charge in [0.1, 0.15) is 24.7 Å². The minimum atomic E-state index is 0.00796. The Morgan fingerprint density at radius 3 is 2.38 bits per heavy atom. The molecule has 0 aromatic heterocycles. The van der Waals surface area contributed by atoms with E-state index in [1.165, 1.54) is 0 Å². The Morgan fingerprint density at radius 1 is 1.00 bits per heavy atom. The van der Waals surface area contributed by atoms with Gasteiger partial charge < -0.3 is 15.2 Å². The third kappa shape index (κ3) is 4.76. The predicted octanol–water partition coefficient (Wildman–Crippen LogP) is 4.32. The van der Waals surface area contributed by atoms with E-state index in [0.717, 1.165) is 28.0 Å². The third-order valence-corrected chi connectivity index (χ3v) is 3.71. The molecule has 0 saturated heterocycles. The number of halogens is 1. The first-order valence-corrected chi connectivity index (χ1v) is 7.85. The molecule has 0 unspecified atom stereocenters. The molecule has 3 nitrogen and oxygen atoms in total. The highest BCUT2D eigenvalue weighted by Gasteiger charge is 2.09. The van der Waals surface area contributed by atoms with Crippen molar-refractivity contribution < 1.29 is 9.47 Å². The van der Waals surface area contributed by atoms with Gasteiger partial charge in [-0.25, -0.2) is 0 Å². The van der Waals surface area contributed by atoms with Crippen LogP contribution in [0.15, 0.2) is 53.0 Å². The number of hydrogen-bond donors (Lipinski definition) is 1. The van der Waals surface area contributed by atoms with Crippen molar-refractivity contribution in [2.75, 3.05) is 13.2 Å². The number of para-hydroxylation sites is 1. The molecule has 0 bridgehead atoms. The first-order chi connectivity index (χ1) is 10.2. The molecule has 0 spiro atoms. The highest BCUT2D eigenvalue weighted by Crippen LogP contribution is 2.25. The van der Waals surface area contributed by atoms with E-state index in [2.05, 4.69) is 22.9 Å². The van der Waals surface area contributed by atoms with Crippen LogP contribution >= 0.6 is 15.9 Å². The zero-order chi connectivity index (χ0) is 15.1. The smallest absolute Gasteiger partial charge is 0.124 e. The number of hydrogen-bond acceptors (Lipinski definition) is 3. The molecule has 2 rings (SSSR count). The number of nitrogens with two attached hydrogens (primary N) is 1. The van der Waals surface area contributed by atoms with Crippen LogP contribution in [0.4, 0.5) is 0 Å². The lowest BCUT2D eigenvalue weighted by Crippen LogP contribution is -2.13. The fourth-order valence-corrected chi connectivity index (χ4v) is 2.24. The van der Waals surface area contributed by atoms with Gasteiger partial charge in [-0.1, -0.05) is 41.1 Å². The molecular formula is C17H20BrNO2. The zero-order valence-electron chi connectivity index (χ0n) is 12.1. The second kappa shape index (κ2) is 8.05. The highest BCUT2D eigenvalue weighted by atomic mass is 79.9. The van der Waals surface area contributed by atoms with Crippen molar-refractivity contribution in [2.45, 2.75) is 19.4 Å². The van der Waals surface area contributed by atoms with Crippen LogP contribution in [0.2, 0.25) is 0 Å². The van der Waals surface area contributed by atoms with Crippen LogP contribution in [0, 0.1) is 0 Å². The molecule has 112 valence electrons. The van der Waals surface area contributed by atoms with Crippen molar-refractivity contribution in [3.05, 3.63) is 58.6 Å². The Bertz CT molecular complexity index is 557. The van der Waals surface area contributed by atoms with Crippen LogP contribution in [0.1, 0.15) is 24.9 Å². The van der Waals surface area contributed by atoms with Gasteiger partial charge in [0.05, 0.1) is 0 Å². The molecule has 0 saturated carbocycles. The van der Waals surface area contributed by atoms with E-state index in [1.54, 1.807) is 0 Å². The van der Waals surface area contributed by atoms with Crippen LogP contribution in [-0.2, 0) is 0 Å². The summed E-state index contributed by atoms with van der Waals surface area (Å²) in [4.78, 5) is 0. The highest BCUT2D eigenvalue weighted by molar-refractivity contribution is 9.10. The summed E-state index contributed by atoms with van der Waals surface area (Å²) in [5, 5.41) is 0. The average molecular weight is 350 g/mol. The molecule has 0 aliphatic rings. The van der Waals surface area contributed by atoms with E-state index in [9.17, 15) is 0 Å². The van der Waals surface area contributed by atoms with Crippen LogP contribution in [0.25, 0.3) is 0 Å². The Hall–Kier alpha value is -1.52. The minimum Gasteiger partial charge on any atom is -0.490 e. The summed E-state index contributed by atoms with van der Waals surface area (Å²) in [6.45, 7) is 3.05. The largest absolute Gasteiger partial charge is 0.490 e. The SMILES string of the molecule is CC[C@H](N)c1ccccc1OCCOc1ccc(Br)cc1. The Kier molecular flexibility index (Phi) is 6.08. The first-order valence-electron chi connectivity index (χ1n) is 7.06. The van der Waals surface area contributed by atoms with Gasteiger partial charge in [0.25, 0.3) is 0 Å². The molecule has 21 heavy (non-hydrogen) atoms. The van der Waals surface area contributed by atoms with Gasteiger partial charge in [-0.3, -0.25) is 0 Å². The van der Waals surface area contributed by atoms with Gasteiger partial charge in [-0.15, -0.1) is 0 Å². The Labute approximate surface area is 134 Å². The lowest BCUT2D eigenvalue weighted by molar-refractivity contribution is 0.215. The maximum atomic E-state index is 6.09. The zero-order valence-corrected chi connectivity index (χ0v) is 13.7. The van der Waals surface area contributed by atoms with E-state index < -0.39 is 0 Å². The number of rotatable bonds is 7. The van der Waals surface area contributed by atoms with Gasteiger partial charge in [0.15, 0.2) is 0 Å². The van der Waals surface area contributed by atoms with Gasteiger partial charge in [-0.05, 0) is 36.8 Å². The molecule has 4 heteroatoms. The van der Waals surface area contributed by atoms with Crippen molar-refractivity contribution in [2.24, 2.45) is 5.73 Å². The average Bonchev–Trinajstić information content (AvgIpc) is 2.53. The van der Waals surface area contributed by atoms with E-state index in [1.807, 2.05) is 48.5 Å². The molecule has 0 heterocycles. The molecular weight excluding hydrogens is 330 g/mol. The van der Waals surface area contributed by atoms with E-state index in [0.29, 0.717) is 13.2 Å².